The zero-order valence-corrected chi connectivity index (χ0v) is 22.2. The van der Waals surface area contributed by atoms with Crippen LogP contribution in [0.25, 0.3) is 22.0 Å². The highest BCUT2D eigenvalue weighted by atomic mass is 19.1. The number of ether oxygens (including phenoxy) is 3. The molecule has 0 fully saturated rings. The third-order valence-corrected chi connectivity index (χ3v) is 6.38. The number of aliphatic carboxylic acids is 1. The second-order valence-electron chi connectivity index (χ2n) is 8.85. The number of benzene rings is 3. The molecule has 208 valence electrons. The number of carbonyl (C=O) groups is 2. The molecule has 1 aromatic heterocycles. The molecule has 0 bridgehead atoms. The average molecular weight is 551 g/mol. The molecule has 1 atom stereocenters. The lowest BCUT2D eigenvalue weighted by Crippen LogP contribution is -2.43. The topological polar surface area (TPSA) is 107 Å². The Morgan fingerprint density at radius 1 is 1.00 bits per heavy atom. The Kier molecular flexibility index (Phi) is 8.90. The maximum atomic E-state index is 14.1. The zero-order chi connectivity index (χ0) is 28.8. The van der Waals surface area contributed by atoms with E-state index in [0.29, 0.717) is 46.7 Å². The molecule has 0 radical (unpaired) electrons. The number of pyridine rings is 1. The fourth-order valence-corrected chi connectivity index (χ4v) is 4.51. The van der Waals surface area contributed by atoms with Gasteiger partial charge in [0.25, 0.3) is 5.91 Å². The summed E-state index contributed by atoms with van der Waals surface area (Å²) in [5.74, 6) is -3.62. The number of amides is 1. The van der Waals surface area contributed by atoms with Gasteiger partial charge in [-0.05, 0) is 53.9 Å². The maximum Gasteiger partial charge on any atom is 0.326 e. The molecule has 8 nitrogen and oxygen atoms in total. The monoisotopic (exact) mass is 550 g/mol. The van der Waals surface area contributed by atoms with E-state index in [1.165, 1.54) is 0 Å². The molecule has 0 aliphatic carbocycles. The third-order valence-electron chi connectivity index (χ3n) is 6.38. The number of methoxy groups -OCH3 is 2. The number of aromatic nitrogens is 1. The smallest absolute Gasteiger partial charge is 0.326 e. The van der Waals surface area contributed by atoms with Crippen molar-refractivity contribution in [2.75, 3.05) is 20.8 Å². The van der Waals surface area contributed by atoms with Crippen LogP contribution in [0.5, 0.6) is 11.5 Å². The van der Waals surface area contributed by atoms with E-state index in [4.69, 9.17) is 14.2 Å². The number of carboxylic acid groups (broad SMARTS) is 1. The molecule has 0 unspecified atom stereocenters. The van der Waals surface area contributed by atoms with E-state index in [9.17, 15) is 23.5 Å². The van der Waals surface area contributed by atoms with Gasteiger partial charge in [-0.25, -0.2) is 13.6 Å². The molecule has 0 spiro atoms. The Morgan fingerprint density at radius 2 is 1.68 bits per heavy atom. The Hall–Kier alpha value is -4.57. The van der Waals surface area contributed by atoms with Gasteiger partial charge in [0.2, 0.25) is 0 Å². The number of nitrogens with zero attached hydrogens (tertiary/aromatic N) is 1. The molecule has 0 aliphatic rings. The van der Waals surface area contributed by atoms with Gasteiger partial charge >= 0.3 is 5.97 Å². The third kappa shape index (κ3) is 5.86. The molecular weight excluding hydrogens is 522 g/mol. The molecule has 4 rings (SSSR count). The van der Waals surface area contributed by atoms with Crippen LogP contribution in [-0.2, 0) is 22.6 Å². The van der Waals surface area contributed by atoms with E-state index in [2.05, 4.69) is 10.3 Å². The fourth-order valence-electron chi connectivity index (χ4n) is 4.51. The molecule has 10 heteroatoms. The van der Waals surface area contributed by atoms with Crippen molar-refractivity contribution >= 4 is 22.8 Å². The van der Waals surface area contributed by atoms with Crippen molar-refractivity contribution in [3.8, 4) is 22.6 Å². The number of nitrogens with one attached hydrogen (secondary N) is 1. The van der Waals surface area contributed by atoms with E-state index in [1.807, 2.05) is 25.1 Å². The summed E-state index contributed by atoms with van der Waals surface area (Å²) < 4.78 is 45.2. The van der Waals surface area contributed by atoms with Crippen molar-refractivity contribution in [2.45, 2.75) is 26.0 Å². The van der Waals surface area contributed by atoms with Crippen molar-refractivity contribution in [1.82, 2.24) is 10.3 Å². The Bertz CT molecular complexity index is 1510. The molecule has 4 aromatic rings. The van der Waals surface area contributed by atoms with Gasteiger partial charge < -0.3 is 24.6 Å². The predicted octanol–water partition coefficient (Wildman–Crippen LogP) is 5.16. The minimum Gasteiger partial charge on any atom is -0.496 e. The second-order valence-corrected chi connectivity index (χ2v) is 8.85. The first-order chi connectivity index (χ1) is 19.3. The van der Waals surface area contributed by atoms with E-state index >= 15 is 0 Å². The minimum absolute atomic E-state index is 0.188. The van der Waals surface area contributed by atoms with Crippen LogP contribution < -0.4 is 14.8 Å². The van der Waals surface area contributed by atoms with Crippen LogP contribution >= 0.6 is 0 Å². The average Bonchev–Trinajstić information content (AvgIpc) is 2.95. The number of carbonyl (C=O) groups excluding carboxylic acids is 1. The van der Waals surface area contributed by atoms with Crippen molar-refractivity contribution in [1.29, 1.82) is 0 Å². The molecule has 0 saturated heterocycles. The quantitative estimate of drug-likeness (QED) is 0.266. The van der Waals surface area contributed by atoms with Crippen LogP contribution in [0.15, 0.2) is 60.8 Å². The van der Waals surface area contributed by atoms with E-state index in [1.54, 1.807) is 38.6 Å². The summed E-state index contributed by atoms with van der Waals surface area (Å²) in [6.45, 7) is 2.84. The number of halogens is 2. The fraction of sp³-hybridized carbons (Fsp3) is 0.233. The Morgan fingerprint density at radius 3 is 2.27 bits per heavy atom. The van der Waals surface area contributed by atoms with Gasteiger partial charge in [-0.3, -0.25) is 9.78 Å². The highest BCUT2D eigenvalue weighted by Crippen LogP contribution is 2.43. The summed E-state index contributed by atoms with van der Waals surface area (Å²) in [6.07, 6.45) is 1.38. The summed E-state index contributed by atoms with van der Waals surface area (Å²) in [6, 6.07) is 12.3. The molecule has 3 aromatic carbocycles. The van der Waals surface area contributed by atoms with Crippen LogP contribution in [-0.4, -0.2) is 48.8 Å². The largest absolute Gasteiger partial charge is 0.496 e. The van der Waals surface area contributed by atoms with Gasteiger partial charge in [0, 0.05) is 24.6 Å². The lowest BCUT2D eigenvalue weighted by atomic mass is 9.93. The number of rotatable bonds is 11. The highest BCUT2D eigenvalue weighted by molar-refractivity contribution is 6.00. The number of hydrogen-bond donors (Lipinski definition) is 2. The normalized spacial score (nSPS) is 11.7. The van der Waals surface area contributed by atoms with Crippen molar-refractivity contribution in [2.24, 2.45) is 0 Å². The predicted molar refractivity (Wildman–Crippen MR) is 145 cm³/mol. The highest BCUT2D eigenvalue weighted by Gasteiger charge is 2.26. The molecule has 0 aliphatic heterocycles. The van der Waals surface area contributed by atoms with Crippen LogP contribution in [0.3, 0.4) is 0 Å². The van der Waals surface area contributed by atoms with Gasteiger partial charge in [-0.1, -0.05) is 24.3 Å². The van der Waals surface area contributed by atoms with Gasteiger partial charge in [0.15, 0.2) is 0 Å². The zero-order valence-electron chi connectivity index (χ0n) is 22.2. The molecular formula is C30H28F2N2O6. The lowest BCUT2D eigenvalue weighted by Gasteiger charge is -2.19. The second kappa shape index (κ2) is 12.5. The van der Waals surface area contributed by atoms with Crippen LogP contribution in [0.2, 0.25) is 0 Å². The molecule has 1 heterocycles. The minimum atomic E-state index is -1.48. The Balaban J connectivity index is 1.75. The summed E-state index contributed by atoms with van der Waals surface area (Å²) in [7, 11) is 3.10. The van der Waals surface area contributed by atoms with Crippen molar-refractivity contribution in [3.05, 3.63) is 89.1 Å². The lowest BCUT2D eigenvalue weighted by molar-refractivity contribution is -0.139. The first-order valence-corrected chi connectivity index (χ1v) is 12.5. The SMILES string of the molecule is CCOCc1cc(OC)c(-c2ccc(C[C@H](NC(=O)c3c(F)cccc3F)C(=O)O)c3ncccc23)c(OC)c1. The molecule has 40 heavy (non-hydrogen) atoms. The number of fused-ring (bicyclic) bond motifs is 1. The number of hydrogen-bond acceptors (Lipinski definition) is 6. The van der Waals surface area contributed by atoms with Gasteiger partial charge in [-0.15, -0.1) is 0 Å². The van der Waals surface area contributed by atoms with E-state index in [0.717, 1.165) is 29.3 Å². The van der Waals surface area contributed by atoms with Crippen LogP contribution in [0.1, 0.15) is 28.4 Å². The van der Waals surface area contributed by atoms with Crippen molar-refractivity contribution in [3.63, 3.8) is 0 Å². The Labute approximate surface area is 229 Å². The van der Waals surface area contributed by atoms with Crippen molar-refractivity contribution < 1.29 is 37.7 Å². The van der Waals surface area contributed by atoms with Gasteiger partial charge in [0.05, 0.1) is 31.9 Å². The van der Waals surface area contributed by atoms with Gasteiger partial charge in [0.1, 0.15) is 34.7 Å². The summed E-state index contributed by atoms with van der Waals surface area (Å²) in [5, 5.41) is 12.8. The molecule has 1 amide bonds. The van der Waals surface area contributed by atoms with Gasteiger partial charge in [-0.2, -0.15) is 0 Å². The van der Waals surface area contributed by atoms with E-state index < -0.39 is 35.1 Å². The van der Waals surface area contributed by atoms with E-state index in [-0.39, 0.29) is 6.42 Å². The molecule has 0 saturated carbocycles. The summed E-state index contributed by atoms with van der Waals surface area (Å²) in [5.41, 5.74) is 2.41. The summed E-state index contributed by atoms with van der Waals surface area (Å²) >= 11 is 0. The van der Waals surface area contributed by atoms with Crippen LogP contribution in [0.4, 0.5) is 8.78 Å². The van der Waals surface area contributed by atoms with Crippen LogP contribution in [0, 0.1) is 11.6 Å². The number of carboxylic acids is 1. The molecule has 2 N–H and O–H groups in total. The summed E-state index contributed by atoms with van der Waals surface area (Å²) in [4.78, 5) is 29.2. The maximum absolute atomic E-state index is 14.1. The standard InChI is InChI=1S/C30H28F2N2O6/c1-4-40-16-17-13-24(38-2)26(25(14-17)39-3)19-11-10-18(28-20(19)7-6-12-33-28)15-23(30(36)37)34-29(35)27-21(31)8-5-9-22(27)32/h5-14,23H,4,15-16H2,1-3H3,(H,34,35)(H,36,37)/t23-/m0/s1. The first-order valence-electron chi connectivity index (χ1n) is 12.5. The first kappa shape index (κ1) is 28.4.